The minimum atomic E-state index is 0.184. The van der Waals surface area contributed by atoms with Crippen molar-refractivity contribution in [3.05, 3.63) is 59.4 Å². The molecule has 1 aliphatic heterocycles. The number of rotatable bonds is 7. The molecule has 5 rings (SSSR count). The van der Waals surface area contributed by atoms with E-state index in [0.29, 0.717) is 29.8 Å². The highest BCUT2D eigenvalue weighted by atomic mass is 35.5. The SMILES string of the molecule is Cn1nc(C2=CC=C(OCCN3C=CC(=O)CC3)CC2)nc1Nc1ccc2[nH]ncc2c1Cl. The van der Waals surface area contributed by atoms with Gasteiger partial charge >= 0.3 is 0 Å². The Morgan fingerprint density at radius 2 is 2.15 bits per heavy atom. The summed E-state index contributed by atoms with van der Waals surface area (Å²) in [5.74, 6) is 2.42. The zero-order chi connectivity index (χ0) is 22.8. The van der Waals surface area contributed by atoms with E-state index in [4.69, 9.17) is 16.3 Å². The number of fused-ring (bicyclic) bond motifs is 1. The van der Waals surface area contributed by atoms with E-state index >= 15 is 0 Å². The van der Waals surface area contributed by atoms with Crippen LogP contribution in [-0.4, -0.2) is 55.3 Å². The number of allylic oxidation sites excluding steroid dienone is 5. The lowest BCUT2D eigenvalue weighted by Gasteiger charge is -2.23. The van der Waals surface area contributed by atoms with Crippen LogP contribution in [0.5, 0.6) is 0 Å². The summed E-state index contributed by atoms with van der Waals surface area (Å²) in [5, 5.41) is 16.2. The summed E-state index contributed by atoms with van der Waals surface area (Å²) in [6.07, 6.45) is 11.4. The Kier molecular flexibility index (Phi) is 5.87. The fourth-order valence-electron chi connectivity index (χ4n) is 3.83. The van der Waals surface area contributed by atoms with Gasteiger partial charge in [-0.3, -0.25) is 9.89 Å². The number of aromatic nitrogens is 5. The van der Waals surface area contributed by atoms with Gasteiger partial charge in [0, 0.05) is 38.0 Å². The summed E-state index contributed by atoms with van der Waals surface area (Å²) in [7, 11) is 1.85. The van der Waals surface area contributed by atoms with Gasteiger partial charge in [-0.05, 0) is 36.3 Å². The van der Waals surface area contributed by atoms with Crippen LogP contribution >= 0.6 is 11.6 Å². The van der Waals surface area contributed by atoms with Gasteiger partial charge < -0.3 is 15.0 Å². The van der Waals surface area contributed by atoms with Crippen LogP contribution in [0.4, 0.5) is 11.6 Å². The van der Waals surface area contributed by atoms with E-state index in [-0.39, 0.29) is 5.78 Å². The number of anilines is 2. The number of nitrogens with zero attached hydrogens (tertiary/aromatic N) is 5. The molecule has 170 valence electrons. The molecule has 2 aliphatic rings. The van der Waals surface area contributed by atoms with Crippen LogP contribution in [0.3, 0.4) is 0 Å². The molecule has 0 bridgehead atoms. The van der Waals surface area contributed by atoms with Gasteiger partial charge in [-0.15, -0.1) is 5.10 Å². The summed E-state index contributed by atoms with van der Waals surface area (Å²) in [4.78, 5) is 18.0. The maximum absolute atomic E-state index is 11.3. The Hall–Kier alpha value is -3.59. The molecule has 33 heavy (non-hydrogen) atoms. The summed E-state index contributed by atoms with van der Waals surface area (Å²) in [5.41, 5.74) is 2.68. The van der Waals surface area contributed by atoms with Gasteiger partial charge in [0.15, 0.2) is 11.6 Å². The van der Waals surface area contributed by atoms with Crippen LogP contribution in [0, 0.1) is 0 Å². The zero-order valence-electron chi connectivity index (χ0n) is 18.2. The molecular formula is C23H24ClN7O2. The third kappa shape index (κ3) is 4.63. The first-order valence-corrected chi connectivity index (χ1v) is 11.2. The third-order valence-electron chi connectivity index (χ3n) is 5.75. The quantitative estimate of drug-likeness (QED) is 0.544. The second-order valence-corrected chi connectivity index (χ2v) is 8.39. The molecule has 0 amide bonds. The molecule has 0 atom stereocenters. The molecule has 0 fully saturated rings. The van der Waals surface area contributed by atoms with Gasteiger partial charge in [-0.25, -0.2) is 4.68 Å². The number of carbonyl (C=O) groups excluding carboxylic acids is 1. The van der Waals surface area contributed by atoms with Crippen LogP contribution in [-0.2, 0) is 16.6 Å². The molecule has 0 saturated heterocycles. The minimum absolute atomic E-state index is 0.184. The van der Waals surface area contributed by atoms with Crippen molar-refractivity contribution in [3.8, 4) is 0 Å². The van der Waals surface area contributed by atoms with Gasteiger partial charge in [0.25, 0.3) is 0 Å². The number of aromatic amines is 1. The van der Waals surface area contributed by atoms with Crippen LogP contribution in [0.1, 0.15) is 25.1 Å². The van der Waals surface area contributed by atoms with Crippen LogP contribution in [0.25, 0.3) is 16.5 Å². The Bertz CT molecular complexity index is 1290. The monoisotopic (exact) mass is 465 g/mol. The molecule has 1 aromatic carbocycles. The Morgan fingerprint density at radius 1 is 1.24 bits per heavy atom. The number of nitrogens with one attached hydrogen (secondary N) is 2. The number of aryl methyl sites for hydroxylation is 1. The maximum Gasteiger partial charge on any atom is 0.225 e. The third-order valence-corrected chi connectivity index (χ3v) is 6.16. The lowest BCUT2D eigenvalue weighted by molar-refractivity contribution is -0.115. The molecule has 1 aliphatic carbocycles. The maximum atomic E-state index is 11.3. The fourth-order valence-corrected chi connectivity index (χ4v) is 4.10. The minimum Gasteiger partial charge on any atom is -0.496 e. The average Bonchev–Trinajstić information content (AvgIpc) is 3.45. The van der Waals surface area contributed by atoms with Crippen molar-refractivity contribution in [1.82, 2.24) is 29.9 Å². The summed E-state index contributed by atoms with van der Waals surface area (Å²) in [6.45, 7) is 2.11. The molecule has 2 aromatic heterocycles. The lowest BCUT2D eigenvalue weighted by Crippen LogP contribution is -2.28. The molecule has 2 N–H and O–H groups in total. The number of ether oxygens (including phenoxy) is 1. The molecule has 3 aromatic rings. The van der Waals surface area contributed by atoms with Crippen molar-refractivity contribution in [3.63, 3.8) is 0 Å². The molecule has 10 heteroatoms. The van der Waals surface area contributed by atoms with Gasteiger partial charge in [0.05, 0.1) is 34.7 Å². The number of carbonyl (C=O) groups is 1. The van der Waals surface area contributed by atoms with E-state index in [2.05, 4.69) is 30.5 Å². The zero-order valence-corrected chi connectivity index (χ0v) is 19.0. The summed E-state index contributed by atoms with van der Waals surface area (Å²) in [6, 6.07) is 3.81. The lowest BCUT2D eigenvalue weighted by atomic mass is 10.0. The number of hydrogen-bond acceptors (Lipinski definition) is 7. The fraction of sp³-hybridized carbons (Fsp3) is 0.304. The number of halogens is 1. The van der Waals surface area contributed by atoms with Crippen LogP contribution in [0.15, 0.2) is 48.5 Å². The smallest absolute Gasteiger partial charge is 0.225 e. The van der Waals surface area contributed by atoms with E-state index in [1.165, 1.54) is 0 Å². The standard InChI is InChI=1S/C23H24ClN7O2/c1-30-23(26-20-7-6-19-18(21(20)24)14-25-28-19)27-22(29-30)15-2-4-17(5-3-15)33-13-12-31-10-8-16(32)9-11-31/h2,4,6-8,10,14H,3,5,9,11-13H2,1H3,(H,25,28)(H,26,27,29). The van der Waals surface area contributed by atoms with Gasteiger partial charge in [0.2, 0.25) is 5.95 Å². The molecule has 0 radical (unpaired) electrons. The van der Waals surface area contributed by atoms with Crippen molar-refractivity contribution in [2.75, 3.05) is 25.0 Å². The van der Waals surface area contributed by atoms with Crippen molar-refractivity contribution < 1.29 is 9.53 Å². The highest BCUT2D eigenvalue weighted by molar-refractivity contribution is 6.38. The topological polar surface area (TPSA) is 101 Å². The summed E-state index contributed by atoms with van der Waals surface area (Å²) >= 11 is 6.52. The van der Waals surface area contributed by atoms with Gasteiger partial charge in [0.1, 0.15) is 6.61 Å². The van der Waals surface area contributed by atoms with Crippen LogP contribution in [0.2, 0.25) is 5.02 Å². The Morgan fingerprint density at radius 3 is 2.94 bits per heavy atom. The van der Waals surface area contributed by atoms with Crippen molar-refractivity contribution in [2.45, 2.75) is 19.3 Å². The number of hydrogen-bond donors (Lipinski definition) is 2. The van der Waals surface area contributed by atoms with Gasteiger partial charge in [-0.2, -0.15) is 10.1 Å². The average molecular weight is 466 g/mol. The predicted octanol–water partition coefficient (Wildman–Crippen LogP) is 3.95. The van der Waals surface area contributed by atoms with E-state index in [0.717, 1.165) is 53.9 Å². The first kappa shape index (κ1) is 21.3. The number of benzene rings is 1. The van der Waals surface area contributed by atoms with Crippen LogP contribution < -0.4 is 5.32 Å². The molecule has 0 spiro atoms. The molecular weight excluding hydrogens is 442 g/mol. The van der Waals surface area contributed by atoms with E-state index in [1.54, 1.807) is 17.0 Å². The van der Waals surface area contributed by atoms with Gasteiger partial charge in [-0.1, -0.05) is 17.7 Å². The molecule has 0 saturated carbocycles. The van der Waals surface area contributed by atoms with Crippen molar-refractivity contribution in [1.29, 1.82) is 0 Å². The highest BCUT2D eigenvalue weighted by Gasteiger charge is 2.17. The molecule has 0 unspecified atom stereocenters. The second kappa shape index (κ2) is 9.11. The Balaban J connectivity index is 1.22. The predicted molar refractivity (Wildman–Crippen MR) is 127 cm³/mol. The number of H-pyrrole nitrogens is 1. The first-order chi connectivity index (χ1) is 16.1. The van der Waals surface area contributed by atoms with Crippen molar-refractivity contribution >= 4 is 45.5 Å². The van der Waals surface area contributed by atoms with E-state index in [1.807, 2.05) is 37.5 Å². The summed E-state index contributed by atoms with van der Waals surface area (Å²) < 4.78 is 7.63. The second-order valence-electron chi connectivity index (χ2n) is 8.01. The Labute approximate surface area is 195 Å². The normalized spacial score (nSPS) is 16.2. The highest BCUT2D eigenvalue weighted by Crippen LogP contribution is 2.32. The number of ketones is 1. The largest absolute Gasteiger partial charge is 0.496 e. The van der Waals surface area contributed by atoms with E-state index < -0.39 is 0 Å². The van der Waals surface area contributed by atoms with E-state index in [9.17, 15) is 4.79 Å². The molecule has 3 heterocycles. The molecule has 9 nitrogen and oxygen atoms in total. The first-order valence-electron chi connectivity index (χ1n) is 10.8. The van der Waals surface area contributed by atoms with Crippen molar-refractivity contribution in [2.24, 2.45) is 7.05 Å².